The molecule has 0 aliphatic carbocycles. The molecule has 0 spiro atoms. The summed E-state index contributed by atoms with van der Waals surface area (Å²) in [5, 5.41) is 3.16. The van der Waals surface area contributed by atoms with Crippen LogP contribution in [-0.4, -0.2) is 50.5 Å². The normalized spacial score (nSPS) is 12.2. The fourth-order valence-electron chi connectivity index (χ4n) is 3.09. The highest BCUT2D eigenvalue weighted by molar-refractivity contribution is 7.92. The molecule has 2 amide bonds. The lowest BCUT2D eigenvalue weighted by Gasteiger charge is -2.28. The molecule has 2 rings (SSSR count). The number of anilines is 2. The lowest BCUT2D eigenvalue weighted by molar-refractivity contribution is -0.116. The van der Waals surface area contributed by atoms with E-state index in [0.29, 0.717) is 35.1 Å². The number of rotatable bonds is 8. The fraction of sp³-hybridized carbons (Fsp3) is 0.333. The summed E-state index contributed by atoms with van der Waals surface area (Å²) in [6, 6.07) is 11.8. The molecule has 0 aliphatic heterocycles. The Hall–Kier alpha value is -2.58. The quantitative estimate of drug-likeness (QED) is 0.664. The van der Waals surface area contributed by atoms with E-state index in [1.807, 2.05) is 13.8 Å². The molecule has 0 saturated heterocycles. The summed E-state index contributed by atoms with van der Waals surface area (Å²) in [6.45, 7) is 6.31. The molecule has 162 valence electrons. The van der Waals surface area contributed by atoms with Crippen LogP contribution in [-0.2, 0) is 14.8 Å². The molecule has 0 fully saturated rings. The van der Waals surface area contributed by atoms with E-state index < -0.39 is 22.0 Å². The number of sulfonamides is 1. The van der Waals surface area contributed by atoms with Gasteiger partial charge >= 0.3 is 0 Å². The summed E-state index contributed by atoms with van der Waals surface area (Å²) in [7, 11) is -3.76. The predicted molar refractivity (Wildman–Crippen MR) is 121 cm³/mol. The zero-order valence-corrected chi connectivity index (χ0v) is 19.0. The molecule has 0 unspecified atom stereocenters. The van der Waals surface area contributed by atoms with Crippen LogP contribution in [0.4, 0.5) is 11.4 Å². The molecular formula is C21H26ClN3O4S. The zero-order valence-electron chi connectivity index (χ0n) is 17.4. The number of hydrogen-bond acceptors (Lipinski definition) is 4. The lowest BCUT2D eigenvalue weighted by Crippen LogP contribution is -2.45. The second-order valence-corrected chi connectivity index (χ2v) is 9.02. The van der Waals surface area contributed by atoms with E-state index >= 15 is 0 Å². The third-order valence-corrected chi connectivity index (χ3v) is 6.13. The van der Waals surface area contributed by atoms with Gasteiger partial charge in [0.15, 0.2) is 0 Å². The average molecular weight is 452 g/mol. The van der Waals surface area contributed by atoms with E-state index in [9.17, 15) is 18.0 Å². The van der Waals surface area contributed by atoms with Crippen LogP contribution in [0, 0.1) is 0 Å². The van der Waals surface area contributed by atoms with Crippen molar-refractivity contribution in [3.05, 3.63) is 59.1 Å². The Labute approximate surface area is 182 Å². The van der Waals surface area contributed by atoms with E-state index in [4.69, 9.17) is 11.6 Å². The van der Waals surface area contributed by atoms with Crippen molar-refractivity contribution in [2.24, 2.45) is 0 Å². The minimum absolute atomic E-state index is 0.207. The van der Waals surface area contributed by atoms with Gasteiger partial charge in [0, 0.05) is 18.1 Å². The molecule has 0 aliphatic rings. The maximum Gasteiger partial charge on any atom is 0.255 e. The van der Waals surface area contributed by atoms with Crippen molar-refractivity contribution in [1.82, 2.24) is 4.90 Å². The molecule has 0 radical (unpaired) electrons. The molecular weight excluding hydrogens is 426 g/mol. The molecule has 0 saturated carbocycles. The van der Waals surface area contributed by atoms with Crippen molar-refractivity contribution in [3.8, 4) is 0 Å². The lowest BCUT2D eigenvalue weighted by atomic mass is 10.1. The first-order valence-electron chi connectivity index (χ1n) is 9.54. The number of hydrogen-bond donors (Lipinski definition) is 1. The van der Waals surface area contributed by atoms with Crippen molar-refractivity contribution >= 4 is 44.8 Å². The minimum Gasteiger partial charge on any atom is -0.339 e. The highest BCUT2D eigenvalue weighted by atomic mass is 35.5. The van der Waals surface area contributed by atoms with Gasteiger partial charge in [-0.1, -0.05) is 23.7 Å². The second kappa shape index (κ2) is 9.95. The SMILES string of the molecule is CCN(CC)C(=O)c1ccccc1NC(=O)[C@@H](C)N(c1ccc(Cl)cc1)S(C)(=O)=O. The maximum atomic E-state index is 13.0. The fourth-order valence-corrected chi connectivity index (χ4v) is 4.39. The van der Waals surface area contributed by atoms with Crippen LogP contribution < -0.4 is 9.62 Å². The van der Waals surface area contributed by atoms with Gasteiger partial charge in [-0.3, -0.25) is 13.9 Å². The van der Waals surface area contributed by atoms with Crippen LogP contribution in [0.15, 0.2) is 48.5 Å². The van der Waals surface area contributed by atoms with Crippen molar-refractivity contribution in [2.45, 2.75) is 26.8 Å². The van der Waals surface area contributed by atoms with Gasteiger partial charge in [0.1, 0.15) is 6.04 Å². The van der Waals surface area contributed by atoms with Gasteiger partial charge in [0.2, 0.25) is 15.9 Å². The van der Waals surface area contributed by atoms with Crippen LogP contribution in [0.1, 0.15) is 31.1 Å². The largest absolute Gasteiger partial charge is 0.339 e. The van der Waals surface area contributed by atoms with Gasteiger partial charge in [-0.25, -0.2) is 8.42 Å². The second-order valence-electron chi connectivity index (χ2n) is 6.72. The molecule has 0 heterocycles. The van der Waals surface area contributed by atoms with Crippen LogP contribution in [0.5, 0.6) is 0 Å². The van der Waals surface area contributed by atoms with Crippen molar-refractivity contribution < 1.29 is 18.0 Å². The third kappa shape index (κ3) is 5.52. The van der Waals surface area contributed by atoms with E-state index in [1.165, 1.54) is 19.1 Å². The first kappa shape index (κ1) is 23.7. The number of carbonyl (C=O) groups is 2. The number of para-hydroxylation sites is 1. The number of halogens is 1. The predicted octanol–water partition coefficient (Wildman–Crippen LogP) is 3.62. The standard InChI is InChI=1S/C21H26ClN3O4S/c1-5-24(6-2)21(27)18-9-7-8-10-19(18)23-20(26)15(3)25(30(4,28)29)17-13-11-16(22)12-14-17/h7-15H,5-6H2,1-4H3,(H,23,26)/t15-/m1/s1. The van der Waals surface area contributed by atoms with Gasteiger partial charge in [-0.2, -0.15) is 0 Å². The highest BCUT2D eigenvalue weighted by Gasteiger charge is 2.30. The van der Waals surface area contributed by atoms with E-state index in [-0.39, 0.29) is 5.91 Å². The average Bonchev–Trinajstić information content (AvgIpc) is 2.69. The molecule has 2 aromatic carbocycles. The Kier molecular flexibility index (Phi) is 7.86. The zero-order chi connectivity index (χ0) is 22.5. The van der Waals surface area contributed by atoms with Crippen LogP contribution in [0.2, 0.25) is 5.02 Å². The summed E-state index contributed by atoms with van der Waals surface area (Å²) in [4.78, 5) is 27.4. The van der Waals surface area contributed by atoms with Gasteiger partial charge in [-0.05, 0) is 57.2 Å². The molecule has 1 atom stereocenters. The summed E-state index contributed by atoms with van der Waals surface area (Å²) in [5.74, 6) is -0.767. The smallest absolute Gasteiger partial charge is 0.255 e. The van der Waals surface area contributed by atoms with E-state index in [0.717, 1.165) is 10.6 Å². The monoisotopic (exact) mass is 451 g/mol. The Morgan fingerprint density at radius 2 is 1.60 bits per heavy atom. The first-order valence-corrected chi connectivity index (χ1v) is 11.8. The number of nitrogens with one attached hydrogen (secondary N) is 1. The summed E-state index contributed by atoms with van der Waals surface area (Å²) < 4.78 is 25.8. The van der Waals surface area contributed by atoms with E-state index in [2.05, 4.69) is 5.32 Å². The van der Waals surface area contributed by atoms with Crippen LogP contribution in [0.25, 0.3) is 0 Å². The van der Waals surface area contributed by atoms with Crippen molar-refractivity contribution in [1.29, 1.82) is 0 Å². The summed E-state index contributed by atoms with van der Waals surface area (Å²) in [5.41, 5.74) is 0.993. The van der Waals surface area contributed by atoms with Gasteiger partial charge in [0.25, 0.3) is 5.91 Å². The maximum absolute atomic E-state index is 13.0. The van der Waals surface area contributed by atoms with Gasteiger partial charge in [-0.15, -0.1) is 0 Å². The Balaban J connectivity index is 2.34. The molecule has 0 aromatic heterocycles. The van der Waals surface area contributed by atoms with Gasteiger partial charge < -0.3 is 10.2 Å². The summed E-state index contributed by atoms with van der Waals surface area (Å²) >= 11 is 5.89. The Bertz CT molecular complexity index is 1010. The Morgan fingerprint density at radius 1 is 1.03 bits per heavy atom. The molecule has 2 aromatic rings. The van der Waals surface area contributed by atoms with Crippen LogP contribution >= 0.6 is 11.6 Å². The van der Waals surface area contributed by atoms with E-state index in [1.54, 1.807) is 41.3 Å². The number of carbonyl (C=O) groups excluding carboxylic acids is 2. The molecule has 0 bridgehead atoms. The number of benzene rings is 2. The highest BCUT2D eigenvalue weighted by Crippen LogP contribution is 2.24. The third-order valence-electron chi connectivity index (χ3n) is 4.64. The number of nitrogens with zero attached hydrogens (tertiary/aromatic N) is 2. The molecule has 7 nitrogen and oxygen atoms in total. The van der Waals surface area contributed by atoms with Gasteiger partial charge in [0.05, 0.1) is 23.2 Å². The van der Waals surface area contributed by atoms with Crippen LogP contribution in [0.3, 0.4) is 0 Å². The molecule has 30 heavy (non-hydrogen) atoms. The summed E-state index contributed by atoms with van der Waals surface area (Å²) in [6.07, 6.45) is 1.03. The molecule has 1 N–H and O–H groups in total. The first-order chi connectivity index (χ1) is 14.1. The minimum atomic E-state index is -3.76. The molecule has 9 heteroatoms. The van der Waals surface area contributed by atoms with Crippen molar-refractivity contribution in [3.63, 3.8) is 0 Å². The Morgan fingerprint density at radius 3 is 2.13 bits per heavy atom. The number of amides is 2. The van der Waals surface area contributed by atoms with Crippen molar-refractivity contribution in [2.75, 3.05) is 29.0 Å². The topological polar surface area (TPSA) is 86.8 Å².